The van der Waals surface area contributed by atoms with E-state index in [1.165, 1.54) is 23.1 Å². The molecule has 1 heterocycles. The number of para-hydroxylation sites is 1. The van der Waals surface area contributed by atoms with Crippen LogP contribution in [-0.2, 0) is 4.79 Å². The molecule has 12 heteroatoms. The van der Waals surface area contributed by atoms with Gasteiger partial charge in [0.15, 0.2) is 23.2 Å². The van der Waals surface area contributed by atoms with Gasteiger partial charge in [-0.3, -0.25) is 9.59 Å². The number of nitrogens with one attached hydrogen (secondary N) is 3. The number of halogens is 2. The molecule has 2 amide bonds. The maximum absolute atomic E-state index is 12.8. The van der Waals surface area contributed by atoms with Gasteiger partial charge in [0.05, 0.1) is 33.7 Å². The maximum Gasteiger partial charge on any atom is 0.271 e. The number of anilines is 3. The highest BCUT2D eigenvalue weighted by Crippen LogP contribution is 2.37. The van der Waals surface area contributed by atoms with Gasteiger partial charge in [-0.1, -0.05) is 53.6 Å². The Bertz CT molecular complexity index is 1860. The molecule has 0 spiro atoms. The summed E-state index contributed by atoms with van der Waals surface area (Å²) in [6.45, 7) is 3.99. The van der Waals surface area contributed by atoms with E-state index in [1.807, 2.05) is 55.6 Å². The van der Waals surface area contributed by atoms with Crippen molar-refractivity contribution in [3.63, 3.8) is 0 Å². The predicted molar refractivity (Wildman–Crippen MR) is 188 cm³/mol. The monoisotopic (exact) mass is 717 g/mol. The smallest absolute Gasteiger partial charge is 0.271 e. The molecule has 9 nitrogen and oxygen atoms in total. The molecule has 0 radical (unpaired) electrons. The number of carbonyl (C=O) groups is 2. The first-order chi connectivity index (χ1) is 22.3. The van der Waals surface area contributed by atoms with E-state index >= 15 is 0 Å². The quantitative estimate of drug-likeness (QED) is 0.0882. The van der Waals surface area contributed by atoms with Gasteiger partial charge in [-0.05, 0) is 83.9 Å². The number of benzene rings is 4. The van der Waals surface area contributed by atoms with Crippen LogP contribution in [0.4, 0.5) is 16.5 Å². The fraction of sp³-hybridized carbons (Fsp3) is 0.118. The average Bonchev–Trinajstić information content (AvgIpc) is 3.51. The summed E-state index contributed by atoms with van der Waals surface area (Å²) >= 11 is 11.1. The van der Waals surface area contributed by atoms with Crippen molar-refractivity contribution in [1.82, 2.24) is 10.4 Å². The molecule has 0 bridgehead atoms. The first-order valence-corrected chi connectivity index (χ1v) is 16.2. The fourth-order valence-electron chi connectivity index (χ4n) is 4.20. The second-order valence-corrected chi connectivity index (χ2v) is 12.0. The summed E-state index contributed by atoms with van der Waals surface area (Å²) in [6.07, 6.45) is 1.49. The Hall–Kier alpha value is -4.71. The number of aromatic nitrogens is 1. The van der Waals surface area contributed by atoms with Crippen LogP contribution in [0.2, 0.25) is 5.02 Å². The third-order valence-electron chi connectivity index (χ3n) is 6.46. The highest BCUT2D eigenvalue weighted by molar-refractivity contribution is 9.10. The summed E-state index contributed by atoms with van der Waals surface area (Å²) < 4.78 is 12.1. The number of amides is 2. The number of carbonyl (C=O) groups excluding carboxylic acids is 2. The summed E-state index contributed by atoms with van der Waals surface area (Å²) in [4.78, 5) is 29.9. The Balaban J connectivity index is 1.17. The standard InChI is InChI=1S/C34H29BrClN5O4S/c1-3-44-30-17-22(16-26(35)32(30)45-19-31(42)39-28-7-5-4-6-27(28)36)18-37-41-33(43)24-12-10-23(11-13-24)29-20-46-34(40-29)38-25-14-8-21(2)9-15-25/h4-18,20H,3,19H2,1-2H3,(H,38,40)(H,39,42)(H,41,43)/b37-18+. The summed E-state index contributed by atoms with van der Waals surface area (Å²) in [5.74, 6) is 0.0207. The molecule has 0 atom stereocenters. The van der Waals surface area contributed by atoms with E-state index in [2.05, 4.69) is 42.1 Å². The van der Waals surface area contributed by atoms with Crippen LogP contribution in [0.3, 0.4) is 0 Å². The summed E-state index contributed by atoms with van der Waals surface area (Å²) in [5.41, 5.74) is 8.00. The molecule has 0 unspecified atom stereocenters. The Morgan fingerprint density at radius 1 is 1.02 bits per heavy atom. The van der Waals surface area contributed by atoms with Crippen molar-refractivity contribution >= 4 is 73.4 Å². The average molecular weight is 719 g/mol. The number of ether oxygens (including phenoxy) is 2. The largest absolute Gasteiger partial charge is 0.490 e. The molecule has 46 heavy (non-hydrogen) atoms. The summed E-state index contributed by atoms with van der Waals surface area (Å²) in [7, 11) is 0. The summed E-state index contributed by atoms with van der Waals surface area (Å²) in [6, 6.07) is 25.6. The number of hydrazone groups is 1. The van der Waals surface area contributed by atoms with E-state index in [0.717, 1.165) is 22.1 Å². The topological polar surface area (TPSA) is 114 Å². The van der Waals surface area contributed by atoms with Crippen LogP contribution < -0.4 is 25.5 Å². The molecule has 0 aliphatic carbocycles. The predicted octanol–water partition coefficient (Wildman–Crippen LogP) is 8.46. The molecule has 0 aliphatic rings. The number of nitrogens with zero attached hydrogens (tertiary/aromatic N) is 2. The van der Waals surface area contributed by atoms with Gasteiger partial charge in [0.2, 0.25) is 0 Å². The van der Waals surface area contributed by atoms with E-state index in [9.17, 15) is 9.59 Å². The molecule has 1 aromatic heterocycles. The lowest BCUT2D eigenvalue weighted by molar-refractivity contribution is -0.118. The molecule has 0 saturated heterocycles. The minimum Gasteiger partial charge on any atom is -0.490 e. The van der Waals surface area contributed by atoms with Gasteiger partial charge in [-0.2, -0.15) is 5.10 Å². The molecule has 234 valence electrons. The van der Waals surface area contributed by atoms with Gasteiger partial charge >= 0.3 is 0 Å². The normalized spacial score (nSPS) is 10.9. The van der Waals surface area contributed by atoms with Crippen molar-refractivity contribution in [2.45, 2.75) is 13.8 Å². The number of aryl methyl sites for hydroxylation is 1. The molecular formula is C34H29BrClN5O4S. The molecule has 5 aromatic rings. The van der Waals surface area contributed by atoms with Crippen molar-refractivity contribution in [2.75, 3.05) is 23.8 Å². The minimum atomic E-state index is -0.379. The Labute approximate surface area is 283 Å². The Kier molecular flexibility index (Phi) is 11.0. The molecular weight excluding hydrogens is 690 g/mol. The van der Waals surface area contributed by atoms with E-state index < -0.39 is 0 Å². The van der Waals surface area contributed by atoms with Gasteiger partial charge in [-0.15, -0.1) is 11.3 Å². The lowest BCUT2D eigenvalue weighted by Gasteiger charge is -2.15. The Morgan fingerprint density at radius 2 is 1.78 bits per heavy atom. The molecule has 0 fully saturated rings. The SMILES string of the molecule is CCOc1cc(/C=N/NC(=O)c2ccc(-c3csc(Nc4ccc(C)cc4)n3)cc2)cc(Br)c1OCC(=O)Nc1ccccc1Cl. The lowest BCUT2D eigenvalue weighted by Crippen LogP contribution is -2.20. The van der Waals surface area contributed by atoms with Crippen molar-refractivity contribution < 1.29 is 19.1 Å². The van der Waals surface area contributed by atoms with Crippen LogP contribution in [0.15, 0.2) is 99.9 Å². The number of thiazole rings is 1. The van der Waals surface area contributed by atoms with Crippen LogP contribution in [0.5, 0.6) is 11.5 Å². The van der Waals surface area contributed by atoms with Crippen LogP contribution in [0, 0.1) is 6.92 Å². The van der Waals surface area contributed by atoms with E-state index in [4.69, 9.17) is 21.1 Å². The first-order valence-electron chi connectivity index (χ1n) is 14.2. The fourth-order valence-corrected chi connectivity index (χ4v) is 5.70. The highest BCUT2D eigenvalue weighted by atomic mass is 79.9. The van der Waals surface area contributed by atoms with Crippen molar-refractivity contribution in [2.24, 2.45) is 5.10 Å². The van der Waals surface area contributed by atoms with Gasteiger partial charge in [0.1, 0.15) is 0 Å². The van der Waals surface area contributed by atoms with E-state index in [-0.39, 0.29) is 18.4 Å². The van der Waals surface area contributed by atoms with Crippen LogP contribution >= 0.6 is 38.9 Å². The zero-order valence-corrected chi connectivity index (χ0v) is 28.0. The minimum absolute atomic E-state index is 0.264. The third kappa shape index (κ3) is 8.72. The zero-order chi connectivity index (χ0) is 32.5. The van der Waals surface area contributed by atoms with Crippen LogP contribution in [0.25, 0.3) is 11.3 Å². The first kappa shape index (κ1) is 32.7. The van der Waals surface area contributed by atoms with Gasteiger partial charge < -0.3 is 20.1 Å². The third-order valence-corrected chi connectivity index (χ3v) is 8.13. The molecule has 4 aromatic carbocycles. The second-order valence-electron chi connectivity index (χ2n) is 9.89. The van der Waals surface area contributed by atoms with Gasteiger partial charge in [-0.25, -0.2) is 10.4 Å². The van der Waals surface area contributed by atoms with Crippen molar-refractivity contribution in [3.8, 4) is 22.8 Å². The van der Waals surface area contributed by atoms with Crippen molar-refractivity contribution in [3.05, 3.63) is 116 Å². The summed E-state index contributed by atoms with van der Waals surface area (Å²) in [5, 5.41) is 13.3. The van der Waals surface area contributed by atoms with E-state index in [1.54, 1.807) is 48.5 Å². The van der Waals surface area contributed by atoms with E-state index in [0.29, 0.717) is 44.4 Å². The number of hydrogen-bond acceptors (Lipinski definition) is 8. The molecule has 0 saturated carbocycles. The molecule has 3 N–H and O–H groups in total. The lowest BCUT2D eigenvalue weighted by atomic mass is 10.1. The maximum atomic E-state index is 12.8. The van der Waals surface area contributed by atoms with Crippen LogP contribution in [-0.4, -0.2) is 36.2 Å². The highest BCUT2D eigenvalue weighted by Gasteiger charge is 2.15. The van der Waals surface area contributed by atoms with Gasteiger partial charge in [0, 0.05) is 22.2 Å². The molecule has 5 rings (SSSR count). The number of hydrogen-bond donors (Lipinski definition) is 3. The second kappa shape index (κ2) is 15.5. The van der Waals surface area contributed by atoms with Crippen molar-refractivity contribution in [1.29, 1.82) is 0 Å². The van der Waals surface area contributed by atoms with Gasteiger partial charge in [0.25, 0.3) is 11.8 Å². The number of rotatable bonds is 12. The van der Waals surface area contributed by atoms with Crippen LogP contribution in [0.1, 0.15) is 28.4 Å². The zero-order valence-electron chi connectivity index (χ0n) is 24.8. The molecule has 0 aliphatic heterocycles. The Morgan fingerprint density at radius 3 is 2.52 bits per heavy atom.